The van der Waals surface area contributed by atoms with E-state index in [1.165, 1.54) is 6.33 Å². The standard InChI is InChI=1S/C17H20BrN3O3/c1-10-13-5-11(18)6-14(15(13)20-9-19-10)23-12-7-21(8-12)16(22)24-17(2,3)4/h5-6,9,12H,7-8H2,1-4H3. The van der Waals surface area contributed by atoms with Crippen LogP contribution in [0.2, 0.25) is 0 Å². The van der Waals surface area contributed by atoms with Crippen LogP contribution in [0.4, 0.5) is 4.79 Å². The van der Waals surface area contributed by atoms with E-state index in [1.807, 2.05) is 39.8 Å². The molecular weight excluding hydrogens is 374 g/mol. The van der Waals surface area contributed by atoms with Gasteiger partial charge in [-0.25, -0.2) is 14.8 Å². The third kappa shape index (κ3) is 3.61. The van der Waals surface area contributed by atoms with Crippen molar-refractivity contribution >= 4 is 32.9 Å². The number of likely N-dealkylation sites (tertiary alicyclic amines) is 1. The molecule has 128 valence electrons. The maximum absolute atomic E-state index is 12.0. The van der Waals surface area contributed by atoms with Crippen molar-refractivity contribution in [3.05, 3.63) is 28.6 Å². The zero-order chi connectivity index (χ0) is 17.5. The van der Waals surface area contributed by atoms with Crippen molar-refractivity contribution in [3.63, 3.8) is 0 Å². The smallest absolute Gasteiger partial charge is 0.410 e. The van der Waals surface area contributed by atoms with Crippen molar-refractivity contribution in [1.82, 2.24) is 14.9 Å². The number of carbonyl (C=O) groups is 1. The van der Waals surface area contributed by atoms with Gasteiger partial charge in [0, 0.05) is 15.6 Å². The molecule has 7 heteroatoms. The topological polar surface area (TPSA) is 64.6 Å². The van der Waals surface area contributed by atoms with Gasteiger partial charge in [0.25, 0.3) is 0 Å². The quantitative estimate of drug-likeness (QED) is 0.777. The molecule has 0 bridgehead atoms. The van der Waals surface area contributed by atoms with E-state index < -0.39 is 5.60 Å². The molecule has 1 saturated heterocycles. The first-order chi connectivity index (χ1) is 11.2. The minimum atomic E-state index is -0.488. The van der Waals surface area contributed by atoms with Gasteiger partial charge in [-0.15, -0.1) is 0 Å². The van der Waals surface area contributed by atoms with Crippen LogP contribution in [0.25, 0.3) is 10.9 Å². The zero-order valence-corrected chi connectivity index (χ0v) is 15.8. The summed E-state index contributed by atoms with van der Waals surface area (Å²) in [5.41, 5.74) is 1.19. The summed E-state index contributed by atoms with van der Waals surface area (Å²) in [6.45, 7) is 8.52. The number of nitrogens with zero attached hydrogens (tertiary/aromatic N) is 3. The van der Waals surface area contributed by atoms with Gasteiger partial charge >= 0.3 is 6.09 Å². The van der Waals surface area contributed by atoms with Crippen LogP contribution in [-0.4, -0.2) is 45.8 Å². The van der Waals surface area contributed by atoms with Gasteiger partial charge in [-0.3, -0.25) is 0 Å². The largest absolute Gasteiger partial charge is 0.484 e. The highest BCUT2D eigenvalue weighted by atomic mass is 79.9. The third-order valence-electron chi connectivity index (χ3n) is 3.66. The summed E-state index contributed by atoms with van der Waals surface area (Å²) in [5.74, 6) is 0.693. The Morgan fingerprint density at radius 2 is 2.00 bits per heavy atom. The molecule has 0 N–H and O–H groups in total. The molecule has 24 heavy (non-hydrogen) atoms. The summed E-state index contributed by atoms with van der Waals surface area (Å²) < 4.78 is 12.3. The van der Waals surface area contributed by atoms with Crippen LogP contribution in [0.5, 0.6) is 5.75 Å². The van der Waals surface area contributed by atoms with E-state index in [0.717, 1.165) is 21.1 Å². The van der Waals surface area contributed by atoms with Crippen molar-refractivity contribution < 1.29 is 14.3 Å². The van der Waals surface area contributed by atoms with Gasteiger partial charge in [0.1, 0.15) is 29.3 Å². The summed E-state index contributed by atoms with van der Waals surface area (Å²) in [5, 5.41) is 0.949. The van der Waals surface area contributed by atoms with Crippen LogP contribution >= 0.6 is 15.9 Å². The van der Waals surface area contributed by atoms with Crippen LogP contribution in [0.15, 0.2) is 22.9 Å². The number of aromatic nitrogens is 2. The molecule has 0 radical (unpaired) electrons. The van der Waals surface area contributed by atoms with Crippen molar-refractivity contribution in [1.29, 1.82) is 0 Å². The van der Waals surface area contributed by atoms with Gasteiger partial charge in [-0.05, 0) is 39.8 Å². The molecule has 0 saturated carbocycles. The average molecular weight is 394 g/mol. The first-order valence-electron chi connectivity index (χ1n) is 7.78. The van der Waals surface area contributed by atoms with Crippen LogP contribution in [0.1, 0.15) is 26.5 Å². The number of halogens is 1. The Morgan fingerprint density at radius 1 is 1.29 bits per heavy atom. The van der Waals surface area contributed by atoms with Gasteiger partial charge in [0.15, 0.2) is 0 Å². The Bertz CT molecular complexity index is 782. The maximum atomic E-state index is 12.0. The van der Waals surface area contributed by atoms with Gasteiger partial charge in [0.05, 0.1) is 13.1 Å². The predicted octanol–water partition coefficient (Wildman–Crippen LogP) is 3.70. The second kappa shape index (κ2) is 6.20. The lowest BCUT2D eigenvalue weighted by Gasteiger charge is -2.39. The third-order valence-corrected chi connectivity index (χ3v) is 4.12. The average Bonchev–Trinajstić information content (AvgIpc) is 2.41. The van der Waals surface area contributed by atoms with Crippen LogP contribution in [0, 0.1) is 6.92 Å². The molecule has 2 heterocycles. The van der Waals surface area contributed by atoms with E-state index in [2.05, 4.69) is 25.9 Å². The Hall–Kier alpha value is -1.89. The number of hydrogen-bond donors (Lipinski definition) is 0. The molecular formula is C17H20BrN3O3. The predicted molar refractivity (Wildman–Crippen MR) is 94.2 cm³/mol. The van der Waals surface area contributed by atoms with E-state index in [9.17, 15) is 4.79 Å². The second-order valence-corrected chi connectivity index (χ2v) is 7.80. The normalized spacial score (nSPS) is 15.3. The van der Waals surface area contributed by atoms with E-state index in [0.29, 0.717) is 18.8 Å². The minimum absolute atomic E-state index is 0.0645. The number of amides is 1. The number of rotatable bonds is 2. The highest BCUT2D eigenvalue weighted by Crippen LogP contribution is 2.31. The van der Waals surface area contributed by atoms with E-state index in [4.69, 9.17) is 9.47 Å². The summed E-state index contributed by atoms with van der Waals surface area (Å²) in [4.78, 5) is 22.2. The lowest BCUT2D eigenvalue weighted by molar-refractivity contribution is -0.0218. The second-order valence-electron chi connectivity index (χ2n) is 6.88. The number of ether oxygens (including phenoxy) is 2. The van der Waals surface area contributed by atoms with Crippen LogP contribution in [-0.2, 0) is 4.74 Å². The van der Waals surface area contributed by atoms with Crippen LogP contribution in [0.3, 0.4) is 0 Å². The number of hydrogen-bond acceptors (Lipinski definition) is 5. The molecule has 0 aliphatic carbocycles. The maximum Gasteiger partial charge on any atom is 0.410 e. The van der Waals surface area contributed by atoms with Gasteiger partial charge in [-0.1, -0.05) is 15.9 Å². The van der Waals surface area contributed by atoms with Crippen molar-refractivity contribution in [2.45, 2.75) is 39.4 Å². The van der Waals surface area contributed by atoms with Crippen molar-refractivity contribution in [2.75, 3.05) is 13.1 Å². The molecule has 0 unspecified atom stereocenters. The fourth-order valence-corrected chi connectivity index (χ4v) is 2.92. The molecule has 6 nitrogen and oxygen atoms in total. The fourth-order valence-electron chi connectivity index (χ4n) is 2.48. The van der Waals surface area contributed by atoms with Gasteiger partial charge < -0.3 is 14.4 Å². The molecule has 1 amide bonds. The molecule has 0 spiro atoms. The van der Waals surface area contributed by atoms with Crippen molar-refractivity contribution in [3.8, 4) is 5.75 Å². The SMILES string of the molecule is Cc1ncnc2c(OC3CN(C(=O)OC(C)(C)C)C3)cc(Br)cc12. The Balaban J connectivity index is 1.70. The first kappa shape index (κ1) is 17.0. The highest BCUT2D eigenvalue weighted by molar-refractivity contribution is 9.10. The number of aryl methyl sites for hydroxylation is 1. The summed E-state index contributed by atoms with van der Waals surface area (Å²) in [6, 6.07) is 3.87. The lowest BCUT2D eigenvalue weighted by atomic mass is 10.1. The summed E-state index contributed by atoms with van der Waals surface area (Å²) >= 11 is 3.50. The molecule has 3 rings (SSSR count). The molecule has 2 aromatic rings. The molecule has 1 aliphatic rings. The first-order valence-corrected chi connectivity index (χ1v) is 8.58. The van der Waals surface area contributed by atoms with Crippen molar-refractivity contribution in [2.24, 2.45) is 0 Å². The molecule has 1 aromatic heterocycles. The van der Waals surface area contributed by atoms with Gasteiger partial charge in [0.2, 0.25) is 0 Å². The Kier molecular flexibility index (Phi) is 4.38. The van der Waals surface area contributed by atoms with E-state index in [1.54, 1.807) is 4.90 Å². The van der Waals surface area contributed by atoms with Crippen LogP contribution < -0.4 is 4.74 Å². The Morgan fingerprint density at radius 3 is 2.67 bits per heavy atom. The molecule has 1 aliphatic heterocycles. The lowest BCUT2D eigenvalue weighted by Crippen LogP contribution is -2.57. The highest BCUT2D eigenvalue weighted by Gasteiger charge is 2.35. The summed E-state index contributed by atoms with van der Waals surface area (Å²) in [6.07, 6.45) is 1.16. The monoisotopic (exact) mass is 393 g/mol. The minimum Gasteiger partial charge on any atom is -0.484 e. The molecule has 0 atom stereocenters. The number of carbonyl (C=O) groups excluding carboxylic acids is 1. The van der Waals surface area contributed by atoms with E-state index in [-0.39, 0.29) is 12.2 Å². The zero-order valence-electron chi connectivity index (χ0n) is 14.2. The van der Waals surface area contributed by atoms with Gasteiger partial charge in [-0.2, -0.15) is 0 Å². The number of benzene rings is 1. The molecule has 1 fully saturated rings. The fraction of sp³-hybridized carbons (Fsp3) is 0.471. The Labute approximate surface area is 149 Å². The molecule has 1 aromatic carbocycles. The van der Waals surface area contributed by atoms with E-state index >= 15 is 0 Å². The summed E-state index contributed by atoms with van der Waals surface area (Å²) in [7, 11) is 0. The number of fused-ring (bicyclic) bond motifs is 1.